The Kier molecular flexibility index (Phi) is 2.03. The second-order valence-electron chi connectivity index (χ2n) is 3.76. The van der Waals surface area contributed by atoms with Crippen LogP contribution in [0.2, 0.25) is 0 Å². The number of nitrogens with one attached hydrogen (secondary N) is 1. The summed E-state index contributed by atoms with van der Waals surface area (Å²) < 4.78 is 1.14. The van der Waals surface area contributed by atoms with E-state index in [0.29, 0.717) is 0 Å². The van der Waals surface area contributed by atoms with E-state index in [0.717, 1.165) is 10.9 Å². The first kappa shape index (κ1) is 8.98. The van der Waals surface area contributed by atoms with E-state index < -0.39 is 0 Å². The van der Waals surface area contributed by atoms with Crippen molar-refractivity contribution < 1.29 is 0 Å². The van der Waals surface area contributed by atoms with Gasteiger partial charge in [0.05, 0.1) is 0 Å². The van der Waals surface area contributed by atoms with Crippen molar-refractivity contribution in [3.63, 3.8) is 0 Å². The smallest absolute Gasteiger partial charge is 0.0421 e. The zero-order valence-corrected chi connectivity index (χ0v) is 9.71. The number of hydrogen-bond donors (Lipinski definition) is 1. The summed E-state index contributed by atoms with van der Waals surface area (Å²) in [5, 5.41) is 3.45. The van der Waals surface area contributed by atoms with Crippen molar-refractivity contribution >= 4 is 27.3 Å². The van der Waals surface area contributed by atoms with Crippen molar-refractivity contribution in [3.05, 3.63) is 58.1 Å². The molecule has 2 aromatic carbocycles. The van der Waals surface area contributed by atoms with Crippen LogP contribution in [-0.4, -0.2) is 0 Å². The van der Waals surface area contributed by atoms with Crippen LogP contribution in [0.5, 0.6) is 0 Å². The van der Waals surface area contributed by atoms with Gasteiger partial charge < -0.3 is 5.32 Å². The van der Waals surface area contributed by atoms with E-state index >= 15 is 0 Å². The van der Waals surface area contributed by atoms with Crippen molar-refractivity contribution in [1.29, 1.82) is 0 Å². The van der Waals surface area contributed by atoms with E-state index in [1.54, 1.807) is 0 Å². The number of hydrogen-bond acceptors (Lipinski definition) is 1. The first-order valence-corrected chi connectivity index (χ1v) is 5.75. The monoisotopic (exact) mass is 259 g/mol. The van der Waals surface area contributed by atoms with Crippen LogP contribution in [-0.2, 0) is 6.42 Å². The number of anilines is 2. The first-order valence-electron chi connectivity index (χ1n) is 4.96. The summed E-state index contributed by atoms with van der Waals surface area (Å²) in [5.74, 6) is 0. The molecule has 15 heavy (non-hydrogen) atoms. The summed E-state index contributed by atoms with van der Waals surface area (Å²) in [4.78, 5) is 0. The van der Waals surface area contributed by atoms with Gasteiger partial charge in [0, 0.05) is 22.3 Å². The lowest BCUT2D eigenvalue weighted by molar-refractivity contribution is 1.15. The maximum atomic E-state index is 3.50. The average Bonchev–Trinajstić information content (AvgIpc) is 2.26. The van der Waals surface area contributed by atoms with Crippen LogP contribution < -0.4 is 5.32 Å². The molecule has 1 N–H and O–H groups in total. The Bertz CT molecular complexity index is 520. The molecule has 0 spiro atoms. The Morgan fingerprint density at radius 1 is 0.933 bits per heavy atom. The van der Waals surface area contributed by atoms with Crippen LogP contribution in [0.25, 0.3) is 0 Å². The van der Waals surface area contributed by atoms with Crippen LogP contribution in [0.1, 0.15) is 11.1 Å². The number of fused-ring (bicyclic) bond motifs is 2. The zero-order valence-electron chi connectivity index (χ0n) is 8.13. The Balaban J connectivity index is 2.11. The molecule has 3 rings (SSSR count). The molecular weight excluding hydrogens is 250 g/mol. The van der Waals surface area contributed by atoms with Gasteiger partial charge in [0.1, 0.15) is 0 Å². The molecule has 2 heteroatoms. The lowest BCUT2D eigenvalue weighted by Crippen LogP contribution is -2.06. The first-order chi connectivity index (χ1) is 7.33. The summed E-state index contributed by atoms with van der Waals surface area (Å²) in [5.41, 5.74) is 5.16. The topological polar surface area (TPSA) is 12.0 Å². The lowest BCUT2D eigenvalue weighted by atomic mass is 9.98. The minimum absolute atomic E-state index is 1.01. The van der Waals surface area contributed by atoms with Crippen LogP contribution >= 0.6 is 15.9 Å². The minimum Gasteiger partial charge on any atom is -0.355 e. The highest BCUT2D eigenvalue weighted by Crippen LogP contribution is 2.33. The van der Waals surface area contributed by atoms with Crippen LogP contribution in [0.4, 0.5) is 11.4 Å². The van der Waals surface area contributed by atoms with Crippen LogP contribution in [0, 0.1) is 0 Å². The number of benzene rings is 2. The molecule has 1 aliphatic heterocycles. The number of rotatable bonds is 0. The van der Waals surface area contributed by atoms with Gasteiger partial charge in [-0.05, 0) is 35.4 Å². The summed E-state index contributed by atoms with van der Waals surface area (Å²) in [6.45, 7) is 0. The SMILES string of the molecule is Brc1ccc2c(c1)Cc1ccccc1N2. The van der Waals surface area contributed by atoms with Gasteiger partial charge in [0.2, 0.25) is 0 Å². The molecule has 1 aliphatic rings. The molecule has 0 fully saturated rings. The van der Waals surface area contributed by atoms with Crippen molar-refractivity contribution in [1.82, 2.24) is 0 Å². The molecule has 0 atom stereocenters. The Hall–Kier alpha value is -1.28. The van der Waals surface area contributed by atoms with Crippen LogP contribution in [0.3, 0.4) is 0 Å². The van der Waals surface area contributed by atoms with Gasteiger partial charge in [-0.1, -0.05) is 34.1 Å². The molecule has 0 amide bonds. The molecule has 1 nitrogen and oxygen atoms in total. The third kappa shape index (κ3) is 1.55. The maximum absolute atomic E-state index is 3.50. The molecule has 0 bridgehead atoms. The Morgan fingerprint density at radius 3 is 2.67 bits per heavy atom. The molecule has 74 valence electrons. The molecule has 1 heterocycles. The summed E-state index contributed by atoms with van der Waals surface area (Å²) in [6, 6.07) is 14.8. The van der Waals surface area contributed by atoms with Gasteiger partial charge in [-0.3, -0.25) is 0 Å². The van der Waals surface area contributed by atoms with Gasteiger partial charge in [-0.15, -0.1) is 0 Å². The largest absolute Gasteiger partial charge is 0.355 e. The van der Waals surface area contributed by atoms with Crippen molar-refractivity contribution in [3.8, 4) is 0 Å². The fourth-order valence-corrected chi connectivity index (χ4v) is 2.39. The lowest BCUT2D eigenvalue weighted by Gasteiger charge is -2.21. The third-order valence-electron chi connectivity index (χ3n) is 2.73. The Labute approximate surface area is 97.3 Å². The summed E-state index contributed by atoms with van der Waals surface area (Å²) >= 11 is 3.50. The molecule has 0 radical (unpaired) electrons. The van der Waals surface area contributed by atoms with E-state index in [1.165, 1.54) is 22.5 Å². The number of para-hydroxylation sites is 1. The summed E-state index contributed by atoms with van der Waals surface area (Å²) in [7, 11) is 0. The molecule has 0 unspecified atom stereocenters. The standard InChI is InChI=1S/C13H10BrN/c14-11-5-6-13-10(8-11)7-9-3-1-2-4-12(9)15-13/h1-6,8,15H,7H2. The van der Waals surface area contributed by atoms with Gasteiger partial charge in [0.25, 0.3) is 0 Å². The minimum atomic E-state index is 1.01. The van der Waals surface area contributed by atoms with Crippen LogP contribution in [0.15, 0.2) is 46.9 Å². The maximum Gasteiger partial charge on any atom is 0.0421 e. The average molecular weight is 260 g/mol. The quantitative estimate of drug-likeness (QED) is 0.641. The van der Waals surface area contributed by atoms with E-state index in [4.69, 9.17) is 0 Å². The third-order valence-corrected chi connectivity index (χ3v) is 3.23. The van der Waals surface area contributed by atoms with E-state index in [2.05, 4.69) is 63.7 Å². The highest BCUT2D eigenvalue weighted by atomic mass is 79.9. The Morgan fingerprint density at radius 2 is 1.73 bits per heavy atom. The van der Waals surface area contributed by atoms with Gasteiger partial charge >= 0.3 is 0 Å². The zero-order chi connectivity index (χ0) is 10.3. The molecule has 0 aromatic heterocycles. The molecule has 2 aromatic rings. The summed E-state index contributed by atoms with van der Waals surface area (Å²) in [6.07, 6.45) is 1.01. The second kappa shape index (κ2) is 3.38. The van der Waals surface area contributed by atoms with Gasteiger partial charge in [0.15, 0.2) is 0 Å². The molecule has 0 aliphatic carbocycles. The molecular formula is C13H10BrN. The van der Waals surface area contributed by atoms with E-state index in [-0.39, 0.29) is 0 Å². The normalized spacial score (nSPS) is 12.6. The van der Waals surface area contributed by atoms with E-state index in [9.17, 15) is 0 Å². The highest BCUT2D eigenvalue weighted by molar-refractivity contribution is 9.10. The highest BCUT2D eigenvalue weighted by Gasteiger charge is 2.13. The van der Waals surface area contributed by atoms with Crippen molar-refractivity contribution in [2.45, 2.75) is 6.42 Å². The predicted molar refractivity (Wildman–Crippen MR) is 66.7 cm³/mol. The van der Waals surface area contributed by atoms with E-state index in [1.807, 2.05) is 0 Å². The number of halogens is 1. The molecule has 0 saturated carbocycles. The van der Waals surface area contributed by atoms with Gasteiger partial charge in [-0.25, -0.2) is 0 Å². The fraction of sp³-hybridized carbons (Fsp3) is 0.0769. The molecule has 0 saturated heterocycles. The van der Waals surface area contributed by atoms with Crippen molar-refractivity contribution in [2.75, 3.05) is 5.32 Å². The van der Waals surface area contributed by atoms with Crippen molar-refractivity contribution in [2.24, 2.45) is 0 Å². The predicted octanol–water partition coefficient (Wildman–Crippen LogP) is 4.10. The fourth-order valence-electron chi connectivity index (χ4n) is 1.98. The van der Waals surface area contributed by atoms with Gasteiger partial charge in [-0.2, -0.15) is 0 Å². The second-order valence-corrected chi connectivity index (χ2v) is 4.68.